The highest BCUT2D eigenvalue weighted by molar-refractivity contribution is 5.91. The molecule has 0 amide bonds. The molecule has 1 aromatic carbocycles. The van der Waals surface area contributed by atoms with Crippen molar-refractivity contribution in [3.8, 4) is 0 Å². The Balaban J connectivity index is 2.88. The topological polar surface area (TPSA) is 46.5 Å². The molecule has 0 bridgehead atoms. The lowest BCUT2D eigenvalue weighted by Gasteiger charge is -2.06. The van der Waals surface area contributed by atoms with Crippen LogP contribution in [-0.2, 0) is 11.2 Å². The maximum Gasteiger partial charge on any atom is 0.338 e. The number of rotatable bonds is 4. The summed E-state index contributed by atoms with van der Waals surface area (Å²) in [5, 5.41) is 8.80. The van der Waals surface area contributed by atoms with E-state index in [1.54, 1.807) is 19.1 Å². The molecule has 0 fully saturated rings. The monoisotopic (exact) mass is 194 g/mol. The van der Waals surface area contributed by atoms with Crippen LogP contribution in [0.3, 0.4) is 0 Å². The Morgan fingerprint density at radius 1 is 1.43 bits per heavy atom. The fourth-order valence-electron chi connectivity index (χ4n) is 1.27. The first-order valence-electron chi connectivity index (χ1n) is 4.65. The van der Waals surface area contributed by atoms with Gasteiger partial charge in [-0.2, -0.15) is 0 Å². The average Bonchev–Trinajstić information content (AvgIpc) is 2.19. The largest absolute Gasteiger partial charge is 0.462 e. The third kappa shape index (κ3) is 2.57. The molecule has 3 heteroatoms. The van der Waals surface area contributed by atoms with E-state index in [1.807, 2.05) is 12.1 Å². The van der Waals surface area contributed by atoms with Crippen molar-refractivity contribution in [3.63, 3.8) is 0 Å². The molecule has 0 unspecified atom stereocenters. The Labute approximate surface area is 83.3 Å². The molecule has 1 N–H and O–H groups in total. The predicted octanol–water partition coefficient (Wildman–Crippen LogP) is 1.40. The summed E-state index contributed by atoms with van der Waals surface area (Å²) in [7, 11) is 0. The van der Waals surface area contributed by atoms with Crippen molar-refractivity contribution in [1.29, 1.82) is 0 Å². The van der Waals surface area contributed by atoms with Crippen molar-refractivity contribution in [2.75, 3.05) is 13.2 Å². The molecule has 3 nitrogen and oxygen atoms in total. The van der Waals surface area contributed by atoms with Gasteiger partial charge in [0.25, 0.3) is 0 Å². The minimum absolute atomic E-state index is 0.0381. The molecule has 0 saturated carbocycles. The van der Waals surface area contributed by atoms with Gasteiger partial charge in [-0.3, -0.25) is 0 Å². The lowest BCUT2D eigenvalue weighted by atomic mass is 10.1. The minimum Gasteiger partial charge on any atom is -0.462 e. The molecule has 0 spiro atoms. The van der Waals surface area contributed by atoms with E-state index in [2.05, 4.69) is 0 Å². The molecule has 0 aliphatic rings. The maximum atomic E-state index is 11.4. The van der Waals surface area contributed by atoms with E-state index in [0.717, 1.165) is 5.56 Å². The molecular formula is C11H14O3. The lowest BCUT2D eigenvalue weighted by molar-refractivity contribution is 0.0525. The molecule has 0 aliphatic carbocycles. The van der Waals surface area contributed by atoms with Crippen molar-refractivity contribution in [3.05, 3.63) is 35.4 Å². The molecule has 14 heavy (non-hydrogen) atoms. The Kier molecular flexibility index (Phi) is 4.13. The van der Waals surface area contributed by atoms with Gasteiger partial charge in [-0.1, -0.05) is 18.2 Å². The van der Waals surface area contributed by atoms with Crippen molar-refractivity contribution in [2.45, 2.75) is 13.3 Å². The van der Waals surface area contributed by atoms with E-state index in [9.17, 15) is 4.79 Å². The van der Waals surface area contributed by atoms with Gasteiger partial charge in [0.1, 0.15) is 0 Å². The summed E-state index contributed by atoms with van der Waals surface area (Å²) < 4.78 is 4.89. The highest BCUT2D eigenvalue weighted by Gasteiger charge is 2.10. The molecule has 0 heterocycles. The van der Waals surface area contributed by atoms with E-state index >= 15 is 0 Å². The highest BCUT2D eigenvalue weighted by Crippen LogP contribution is 2.10. The molecule has 0 radical (unpaired) electrons. The van der Waals surface area contributed by atoms with Crippen molar-refractivity contribution in [2.24, 2.45) is 0 Å². The number of carbonyl (C=O) groups excluding carboxylic acids is 1. The molecule has 1 aromatic rings. The molecule has 76 valence electrons. The van der Waals surface area contributed by atoms with E-state index in [-0.39, 0.29) is 12.6 Å². The SMILES string of the molecule is CCOC(=O)c1ccccc1CCO. The second kappa shape index (κ2) is 5.40. The first kappa shape index (κ1) is 10.7. The minimum atomic E-state index is -0.323. The van der Waals surface area contributed by atoms with E-state index < -0.39 is 0 Å². The number of esters is 1. The Morgan fingerprint density at radius 2 is 2.14 bits per heavy atom. The summed E-state index contributed by atoms with van der Waals surface area (Å²) in [6, 6.07) is 7.16. The number of carbonyl (C=O) groups is 1. The van der Waals surface area contributed by atoms with Gasteiger partial charge in [-0.15, -0.1) is 0 Å². The first-order chi connectivity index (χ1) is 6.79. The van der Waals surface area contributed by atoms with Gasteiger partial charge >= 0.3 is 5.97 Å². The number of benzene rings is 1. The molecule has 1 rings (SSSR count). The number of aliphatic hydroxyl groups excluding tert-OH is 1. The fraction of sp³-hybridized carbons (Fsp3) is 0.364. The summed E-state index contributed by atoms with van der Waals surface area (Å²) in [6.07, 6.45) is 0.481. The summed E-state index contributed by atoms with van der Waals surface area (Å²) in [6.45, 7) is 2.18. The summed E-state index contributed by atoms with van der Waals surface area (Å²) in [4.78, 5) is 11.4. The van der Waals surface area contributed by atoms with Crippen LogP contribution < -0.4 is 0 Å². The molecule has 0 saturated heterocycles. The van der Waals surface area contributed by atoms with Crippen LogP contribution in [0.5, 0.6) is 0 Å². The van der Waals surface area contributed by atoms with Crippen molar-refractivity contribution >= 4 is 5.97 Å². The van der Waals surface area contributed by atoms with E-state index in [0.29, 0.717) is 18.6 Å². The average molecular weight is 194 g/mol. The third-order valence-corrected chi connectivity index (χ3v) is 1.89. The van der Waals surface area contributed by atoms with E-state index in [4.69, 9.17) is 9.84 Å². The van der Waals surface area contributed by atoms with Gasteiger partial charge in [0, 0.05) is 6.61 Å². The number of hydrogen-bond donors (Lipinski definition) is 1. The Morgan fingerprint density at radius 3 is 2.79 bits per heavy atom. The number of aliphatic hydroxyl groups is 1. The van der Waals surface area contributed by atoms with Crippen molar-refractivity contribution in [1.82, 2.24) is 0 Å². The van der Waals surface area contributed by atoms with Crippen LogP contribution >= 0.6 is 0 Å². The lowest BCUT2D eigenvalue weighted by Crippen LogP contribution is -2.08. The zero-order valence-corrected chi connectivity index (χ0v) is 8.19. The Bertz CT molecular complexity index is 307. The Hall–Kier alpha value is -1.35. The van der Waals surface area contributed by atoms with Crippen molar-refractivity contribution < 1.29 is 14.6 Å². The van der Waals surface area contributed by atoms with Crippen LogP contribution in [0.25, 0.3) is 0 Å². The second-order valence-corrected chi connectivity index (χ2v) is 2.85. The number of ether oxygens (including phenoxy) is 1. The van der Waals surface area contributed by atoms with Gasteiger partial charge in [0.05, 0.1) is 12.2 Å². The maximum absolute atomic E-state index is 11.4. The molecular weight excluding hydrogens is 180 g/mol. The molecule has 0 aromatic heterocycles. The smallest absolute Gasteiger partial charge is 0.338 e. The molecule has 0 atom stereocenters. The normalized spacial score (nSPS) is 9.86. The highest BCUT2D eigenvalue weighted by atomic mass is 16.5. The zero-order valence-electron chi connectivity index (χ0n) is 8.19. The van der Waals surface area contributed by atoms with Crippen LogP contribution in [0.1, 0.15) is 22.8 Å². The van der Waals surface area contributed by atoms with Gasteiger partial charge in [0.15, 0.2) is 0 Å². The quantitative estimate of drug-likeness (QED) is 0.737. The van der Waals surface area contributed by atoms with Crippen LogP contribution in [0.2, 0.25) is 0 Å². The standard InChI is InChI=1S/C11H14O3/c1-2-14-11(13)10-6-4-3-5-9(10)7-8-12/h3-6,12H,2,7-8H2,1H3. The summed E-state index contributed by atoms with van der Waals surface area (Å²) >= 11 is 0. The van der Waals surface area contributed by atoms with Crippen LogP contribution in [0.15, 0.2) is 24.3 Å². The van der Waals surface area contributed by atoms with Gasteiger partial charge in [-0.05, 0) is 25.0 Å². The second-order valence-electron chi connectivity index (χ2n) is 2.85. The summed E-state index contributed by atoms with van der Waals surface area (Å²) in [5.74, 6) is -0.323. The molecule has 0 aliphatic heterocycles. The van der Waals surface area contributed by atoms with Gasteiger partial charge < -0.3 is 9.84 Å². The summed E-state index contributed by atoms with van der Waals surface area (Å²) in [5.41, 5.74) is 1.37. The zero-order chi connectivity index (χ0) is 10.4. The van der Waals surface area contributed by atoms with Crippen LogP contribution in [0.4, 0.5) is 0 Å². The van der Waals surface area contributed by atoms with Gasteiger partial charge in [-0.25, -0.2) is 4.79 Å². The third-order valence-electron chi connectivity index (χ3n) is 1.89. The first-order valence-corrected chi connectivity index (χ1v) is 4.65. The van der Waals surface area contributed by atoms with E-state index in [1.165, 1.54) is 0 Å². The van der Waals surface area contributed by atoms with Crippen LogP contribution in [-0.4, -0.2) is 24.3 Å². The number of hydrogen-bond acceptors (Lipinski definition) is 3. The van der Waals surface area contributed by atoms with Gasteiger partial charge in [0.2, 0.25) is 0 Å². The fourth-order valence-corrected chi connectivity index (χ4v) is 1.27. The predicted molar refractivity (Wildman–Crippen MR) is 53.2 cm³/mol. The van der Waals surface area contributed by atoms with Crippen LogP contribution in [0, 0.1) is 0 Å².